The highest BCUT2D eigenvalue weighted by atomic mass is 15.0. The van der Waals surface area contributed by atoms with Crippen molar-refractivity contribution in [2.75, 3.05) is 6.50 Å². The zero-order chi connectivity index (χ0) is 27.5. The minimum absolute atomic E-state index is 0.0911. The summed E-state index contributed by atoms with van der Waals surface area (Å²) < 4.78 is 139. The number of nitrogens with zero attached hydrogens (tertiary/aromatic N) is 2. The van der Waals surface area contributed by atoms with E-state index < -0.39 is 85.5 Å². The van der Waals surface area contributed by atoms with Crippen molar-refractivity contribution in [1.29, 1.82) is 0 Å². The lowest BCUT2D eigenvalue weighted by molar-refractivity contribution is 0.397. The highest BCUT2D eigenvalue weighted by molar-refractivity contribution is 5.49. The number of imidazole rings is 1. The standard InChI is InChI=1S/C15H21N3/c1-11-7-12(2)15-17-14(10-18(15)9-11)8-13-5-3-4-6-16-13/h7,9-10,13,16H,3-6,8H2,1-2H3/t13-/m0/s1/i2D2,3D2,4D2,5D2,6D2,7D,8D2,9D,10D,13D/hD. The minimum Gasteiger partial charge on any atom is -0.314 e. The lowest BCUT2D eigenvalue weighted by Gasteiger charge is -2.22. The lowest BCUT2D eigenvalue weighted by atomic mass is 10.0. The van der Waals surface area contributed by atoms with Crippen LogP contribution in [-0.2, 0) is 6.37 Å². The molecule has 0 aromatic carbocycles. The number of nitrogens with one attached hydrogen (secondary N) is 1. The summed E-state index contributed by atoms with van der Waals surface area (Å²) in [5.74, 6) is 0. The second kappa shape index (κ2) is 4.73. The van der Waals surface area contributed by atoms with E-state index in [1.54, 1.807) is 0 Å². The molecule has 2 aromatic heterocycles. The summed E-state index contributed by atoms with van der Waals surface area (Å²) in [4.78, 5) is 3.81. The number of fused-ring (bicyclic) bond motifs is 1. The summed E-state index contributed by atoms with van der Waals surface area (Å²) in [5, 5.41) is -0.647. The van der Waals surface area contributed by atoms with Crippen molar-refractivity contribution in [2.24, 2.45) is 0 Å². The Hall–Kier alpha value is -1.35. The van der Waals surface area contributed by atoms with Gasteiger partial charge in [-0.15, -0.1) is 0 Å². The maximum atomic E-state index is 8.66. The molecule has 1 aliphatic heterocycles. The summed E-state index contributed by atoms with van der Waals surface area (Å²) in [6, 6.07) is -4.33. The molecule has 3 heterocycles. The number of piperidine rings is 1. The first kappa shape index (κ1) is 3.21. The first-order chi connectivity index (χ1) is 15.5. The van der Waals surface area contributed by atoms with Crippen molar-refractivity contribution < 1.29 is 23.3 Å². The second-order valence-electron chi connectivity index (χ2n) is 3.58. The third-order valence-corrected chi connectivity index (χ3v) is 2.19. The Morgan fingerprint density at radius 1 is 1.78 bits per heavy atom. The van der Waals surface area contributed by atoms with E-state index in [0.29, 0.717) is 4.40 Å². The van der Waals surface area contributed by atoms with E-state index in [0.717, 1.165) is 0 Å². The van der Waals surface area contributed by atoms with Crippen LogP contribution in [0.4, 0.5) is 0 Å². The van der Waals surface area contributed by atoms with E-state index in [4.69, 9.17) is 23.3 Å². The molecule has 1 fully saturated rings. The minimum atomic E-state index is -3.92. The van der Waals surface area contributed by atoms with Gasteiger partial charge in [-0.2, -0.15) is 0 Å². The van der Waals surface area contributed by atoms with Gasteiger partial charge in [-0.25, -0.2) is 4.98 Å². The average molecular weight is 260 g/mol. The molecule has 1 aliphatic rings. The Bertz CT molecular complexity index is 1200. The zero-order valence-corrected chi connectivity index (χ0v) is 9.42. The summed E-state index contributed by atoms with van der Waals surface area (Å²) >= 11 is 0. The third-order valence-electron chi connectivity index (χ3n) is 2.19. The van der Waals surface area contributed by atoms with Gasteiger partial charge in [0.15, 0.2) is 0 Å². The molecule has 18 heavy (non-hydrogen) atoms. The van der Waals surface area contributed by atoms with Crippen LogP contribution in [0, 0.1) is 13.8 Å². The molecule has 0 aliphatic carbocycles. The van der Waals surface area contributed by atoms with Gasteiger partial charge in [-0.1, -0.05) is 12.4 Å². The molecular weight excluding hydrogens is 222 g/mol. The van der Waals surface area contributed by atoms with Crippen molar-refractivity contribution in [1.82, 2.24) is 14.7 Å². The number of rotatable bonds is 2. The maximum absolute atomic E-state index is 8.66. The van der Waals surface area contributed by atoms with Gasteiger partial charge in [-0.3, -0.25) is 0 Å². The van der Waals surface area contributed by atoms with Gasteiger partial charge >= 0.3 is 0 Å². The quantitative estimate of drug-likeness (QED) is 0.899. The predicted molar refractivity (Wildman–Crippen MR) is 74.0 cm³/mol. The van der Waals surface area contributed by atoms with Crippen LogP contribution >= 0.6 is 0 Å². The predicted octanol–water partition coefficient (Wildman–Crippen LogP) is 2.64. The van der Waals surface area contributed by atoms with Crippen LogP contribution in [0.5, 0.6) is 0 Å². The van der Waals surface area contributed by atoms with Gasteiger partial charge in [0.05, 0.1) is 9.81 Å². The monoisotopic (exact) mass is 260 g/mol. The molecule has 2 aromatic rings. The van der Waals surface area contributed by atoms with E-state index >= 15 is 0 Å². The molecular formula is C15H21N3. The molecule has 0 amide bonds. The van der Waals surface area contributed by atoms with Crippen LogP contribution in [0.15, 0.2) is 18.4 Å². The Morgan fingerprint density at radius 2 is 2.72 bits per heavy atom. The molecule has 1 atom stereocenters. The Labute approximate surface area is 132 Å². The Morgan fingerprint density at radius 3 is 3.61 bits per heavy atom. The number of aromatic nitrogens is 2. The fourth-order valence-corrected chi connectivity index (χ4v) is 1.51. The SMILES string of the molecule is [2H]c1c(C)c([2H])n2c([2H])c(C([2H])([2H])[C@@]3([2H])N([2H])C([2H])([2H])C([2H])([2H])C([2H])([2H])C3([2H])[2H])nc2c1C([2H])[2H]. The molecule has 1 N–H and O–H groups in total. The van der Waals surface area contributed by atoms with E-state index in [-0.39, 0.29) is 5.56 Å². The van der Waals surface area contributed by atoms with Gasteiger partial charge < -0.3 is 9.71 Å². The van der Waals surface area contributed by atoms with E-state index in [9.17, 15) is 0 Å². The van der Waals surface area contributed by atoms with Gasteiger partial charge in [-0.05, 0) is 44.2 Å². The van der Waals surface area contributed by atoms with Gasteiger partial charge in [0.25, 0.3) is 0 Å². The van der Waals surface area contributed by atoms with Crippen molar-refractivity contribution in [3.8, 4) is 0 Å². The molecule has 0 saturated carbocycles. The summed E-state index contributed by atoms with van der Waals surface area (Å²) in [5.41, 5.74) is -2.21. The highest BCUT2D eigenvalue weighted by Crippen LogP contribution is 2.16. The van der Waals surface area contributed by atoms with Gasteiger partial charge in [0.2, 0.25) is 0 Å². The first-order valence-corrected chi connectivity index (χ1v) is 5.10. The molecule has 0 bridgehead atoms. The second-order valence-corrected chi connectivity index (χ2v) is 3.58. The smallest absolute Gasteiger partial charge is 0.139 e. The van der Waals surface area contributed by atoms with Crippen LogP contribution in [-0.4, -0.2) is 21.9 Å². The molecule has 3 heteroatoms. The van der Waals surface area contributed by atoms with Crippen molar-refractivity contribution in [3.05, 3.63) is 35.2 Å². The number of aryl methyl sites for hydroxylation is 1. The lowest BCUT2D eigenvalue weighted by Crippen LogP contribution is -2.35. The van der Waals surface area contributed by atoms with Crippen LogP contribution in [0.1, 0.15) is 57.9 Å². The van der Waals surface area contributed by atoms with Crippen molar-refractivity contribution >= 4 is 5.65 Å². The van der Waals surface area contributed by atoms with Gasteiger partial charge in [0, 0.05) is 42.6 Å². The van der Waals surface area contributed by atoms with E-state index in [2.05, 4.69) is 4.98 Å². The molecule has 0 spiro atoms. The fraction of sp³-hybridized carbons (Fsp3) is 0.533. The topological polar surface area (TPSA) is 29.3 Å². The van der Waals surface area contributed by atoms with Crippen LogP contribution in [0.25, 0.3) is 5.65 Å². The largest absolute Gasteiger partial charge is 0.314 e. The molecule has 3 nitrogen and oxygen atoms in total. The fourth-order valence-electron chi connectivity index (χ4n) is 1.51. The van der Waals surface area contributed by atoms with Gasteiger partial charge in [0.1, 0.15) is 7.06 Å². The summed E-state index contributed by atoms with van der Waals surface area (Å²) in [6.45, 7) is -4.33. The maximum Gasteiger partial charge on any atom is 0.139 e. The van der Waals surface area contributed by atoms with Crippen molar-refractivity contribution in [2.45, 2.75) is 45.3 Å². The van der Waals surface area contributed by atoms with E-state index in [1.165, 1.54) is 6.92 Å². The third kappa shape index (κ3) is 2.27. The van der Waals surface area contributed by atoms with Crippen LogP contribution in [0.2, 0.25) is 1.41 Å². The zero-order valence-electron chi connectivity index (χ0n) is 26.4. The number of hydrogen-bond acceptors (Lipinski definition) is 2. The van der Waals surface area contributed by atoms with Crippen LogP contribution < -0.4 is 5.31 Å². The molecule has 0 unspecified atom stereocenters. The molecule has 0 radical (unpaired) electrons. The molecule has 3 rings (SSSR count). The molecule has 1 saturated heterocycles. The highest BCUT2D eigenvalue weighted by Gasteiger charge is 2.15. The number of hydrogen-bond donors (Lipinski definition) is 1. The van der Waals surface area contributed by atoms with E-state index in [1.807, 2.05) is 0 Å². The average Bonchev–Trinajstić information content (AvgIpc) is 3.06. The van der Waals surface area contributed by atoms with Crippen molar-refractivity contribution in [3.63, 3.8) is 0 Å². The Balaban J connectivity index is 2.46. The summed E-state index contributed by atoms with van der Waals surface area (Å²) in [7, 11) is 0. The Kier molecular flexibility index (Phi) is 0.843. The normalized spacial score (nSPS) is 51.6. The first-order valence-electron chi connectivity index (χ1n) is 13.7. The van der Waals surface area contributed by atoms with Crippen LogP contribution in [0.3, 0.4) is 0 Å². The number of pyridine rings is 1. The molecule has 96 valence electrons. The summed E-state index contributed by atoms with van der Waals surface area (Å²) in [6.07, 6.45) is -16.7.